The topological polar surface area (TPSA) is 50.4 Å². The Balaban J connectivity index is 0.00000243. The number of hydrogen-bond donors (Lipinski definition) is 2. The first-order valence-electron chi connectivity index (χ1n) is 8.64. The second-order valence-corrected chi connectivity index (χ2v) is 6.47. The van der Waals surface area contributed by atoms with Gasteiger partial charge >= 0.3 is 0 Å². The van der Waals surface area contributed by atoms with Gasteiger partial charge in [0.15, 0.2) is 11.6 Å². The molecule has 140 valence electrons. The molecule has 0 aliphatic heterocycles. The van der Waals surface area contributed by atoms with Crippen LogP contribution in [0.15, 0.2) is 48.5 Å². The maximum Gasteiger partial charge on any atom is 0.234 e. The number of halogens is 2. The minimum absolute atomic E-state index is 0. The van der Waals surface area contributed by atoms with Gasteiger partial charge in [-0.1, -0.05) is 24.3 Å². The van der Waals surface area contributed by atoms with Crippen LogP contribution in [-0.4, -0.2) is 19.0 Å². The number of para-hydroxylation sites is 1. The van der Waals surface area contributed by atoms with Crippen molar-refractivity contribution in [2.75, 3.05) is 13.1 Å². The molecule has 6 heteroatoms. The Morgan fingerprint density at radius 3 is 2.62 bits per heavy atom. The lowest BCUT2D eigenvalue weighted by molar-refractivity contribution is -0.120. The third kappa shape index (κ3) is 6.00. The minimum atomic E-state index is -0.450. The van der Waals surface area contributed by atoms with E-state index in [-0.39, 0.29) is 30.1 Å². The molecular formula is C20H24ClFN2O2. The molecule has 1 amide bonds. The molecule has 3 rings (SSSR count). The third-order valence-corrected chi connectivity index (χ3v) is 4.22. The van der Waals surface area contributed by atoms with Crippen LogP contribution in [0.2, 0.25) is 0 Å². The number of carbonyl (C=O) groups is 1. The second kappa shape index (κ2) is 9.55. The SMILES string of the molecule is CC(NC(=O)CNCC1CC1)c1ccc(Oc2ccccc2)c(F)c1.Cl. The highest BCUT2D eigenvalue weighted by atomic mass is 35.5. The Bertz CT molecular complexity index is 723. The van der Waals surface area contributed by atoms with Crippen molar-refractivity contribution in [2.24, 2.45) is 5.92 Å². The van der Waals surface area contributed by atoms with Gasteiger partial charge in [0.1, 0.15) is 5.75 Å². The maximum absolute atomic E-state index is 14.3. The smallest absolute Gasteiger partial charge is 0.234 e. The molecule has 2 N–H and O–H groups in total. The summed E-state index contributed by atoms with van der Waals surface area (Å²) in [6, 6.07) is 13.6. The Morgan fingerprint density at radius 1 is 1.23 bits per heavy atom. The van der Waals surface area contributed by atoms with Crippen LogP contribution in [0.5, 0.6) is 11.5 Å². The van der Waals surface area contributed by atoms with E-state index >= 15 is 0 Å². The average Bonchev–Trinajstić information content (AvgIpc) is 3.42. The quantitative estimate of drug-likeness (QED) is 0.723. The van der Waals surface area contributed by atoms with Crippen molar-refractivity contribution >= 4 is 18.3 Å². The molecule has 2 aromatic carbocycles. The van der Waals surface area contributed by atoms with Crippen molar-refractivity contribution in [2.45, 2.75) is 25.8 Å². The second-order valence-electron chi connectivity index (χ2n) is 6.47. The lowest BCUT2D eigenvalue weighted by atomic mass is 10.1. The van der Waals surface area contributed by atoms with Crippen LogP contribution >= 0.6 is 12.4 Å². The van der Waals surface area contributed by atoms with Crippen molar-refractivity contribution in [3.05, 3.63) is 59.9 Å². The summed E-state index contributed by atoms with van der Waals surface area (Å²) < 4.78 is 19.8. The molecule has 0 spiro atoms. The van der Waals surface area contributed by atoms with E-state index in [2.05, 4.69) is 10.6 Å². The van der Waals surface area contributed by atoms with Crippen LogP contribution in [0.3, 0.4) is 0 Å². The molecule has 1 aliphatic carbocycles. The summed E-state index contributed by atoms with van der Waals surface area (Å²) in [5.74, 6) is 0.945. The summed E-state index contributed by atoms with van der Waals surface area (Å²) in [7, 11) is 0. The molecule has 0 heterocycles. The van der Waals surface area contributed by atoms with Crippen LogP contribution in [-0.2, 0) is 4.79 Å². The predicted molar refractivity (Wildman–Crippen MR) is 102 cm³/mol. The Kier molecular flexibility index (Phi) is 7.42. The van der Waals surface area contributed by atoms with Gasteiger partial charge in [-0.05, 0) is 62.1 Å². The molecule has 0 bridgehead atoms. The van der Waals surface area contributed by atoms with Crippen molar-refractivity contribution in [1.82, 2.24) is 10.6 Å². The first-order chi connectivity index (χ1) is 12.1. The number of benzene rings is 2. The van der Waals surface area contributed by atoms with Gasteiger partial charge in [-0.15, -0.1) is 12.4 Å². The summed E-state index contributed by atoms with van der Waals surface area (Å²) in [5, 5.41) is 6.02. The van der Waals surface area contributed by atoms with Crippen molar-refractivity contribution in [1.29, 1.82) is 0 Å². The van der Waals surface area contributed by atoms with E-state index in [0.717, 1.165) is 12.5 Å². The van der Waals surface area contributed by atoms with E-state index in [4.69, 9.17) is 4.74 Å². The molecular weight excluding hydrogens is 355 g/mol. The molecule has 1 fully saturated rings. The first kappa shape index (κ1) is 20.2. The number of carbonyl (C=O) groups excluding carboxylic acids is 1. The first-order valence-corrected chi connectivity index (χ1v) is 8.64. The normalized spacial score (nSPS) is 14.2. The van der Waals surface area contributed by atoms with E-state index in [1.165, 1.54) is 18.9 Å². The zero-order valence-electron chi connectivity index (χ0n) is 14.7. The molecule has 1 saturated carbocycles. The van der Waals surface area contributed by atoms with E-state index in [1.54, 1.807) is 24.3 Å². The van der Waals surface area contributed by atoms with Gasteiger partial charge in [0.25, 0.3) is 0 Å². The Hall–Kier alpha value is -2.11. The predicted octanol–water partition coefficient (Wildman–Crippen LogP) is 4.22. The van der Waals surface area contributed by atoms with Gasteiger partial charge in [-0.3, -0.25) is 4.79 Å². The summed E-state index contributed by atoms with van der Waals surface area (Å²) in [6.45, 7) is 3.02. The number of amides is 1. The van der Waals surface area contributed by atoms with Gasteiger partial charge in [0.2, 0.25) is 5.91 Å². The van der Waals surface area contributed by atoms with E-state index in [9.17, 15) is 9.18 Å². The van der Waals surface area contributed by atoms with E-state index < -0.39 is 5.82 Å². The van der Waals surface area contributed by atoms with Crippen molar-refractivity contribution < 1.29 is 13.9 Å². The largest absolute Gasteiger partial charge is 0.454 e. The summed E-state index contributed by atoms with van der Waals surface area (Å²) in [5.41, 5.74) is 0.702. The molecule has 0 aromatic heterocycles. The van der Waals surface area contributed by atoms with Gasteiger partial charge in [-0.2, -0.15) is 0 Å². The molecule has 0 saturated heterocycles. The Morgan fingerprint density at radius 2 is 1.96 bits per heavy atom. The number of hydrogen-bond acceptors (Lipinski definition) is 3. The van der Waals surface area contributed by atoms with Crippen LogP contribution in [0.4, 0.5) is 4.39 Å². The van der Waals surface area contributed by atoms with Gasteiger partial charge in [0, 0.05) is 0 Å². The molecule has 2 aromatic rings. The fourth-order valence-corrected chi connectivity index (χ4v) is 2.57. The highest BCUT2D eigenvalue weighted by Crippen LogP contribution is 2.28. The lowest BCUT2D eigenvalue weighted by Crippen LogP contribution is -2.36. The zero-order chi connectivity index (χ0) is 17.6. The third-order valence-electron chi connectivity index (χ3n) is 4.22. The molecule has 1 atom stereocenters. The van der Waals surface area contributed by atoms with Crippen LogP contribution in [0.1, 0.15) is 31.4 Å². The fourth-order valence-electron chi connectivity index (χ4n) is 2.57. The highest BCUT2D eigenvalue weighted by molar-refractivity contribution is 5.85. The average molecular weight is 379 g/mol. The fraction of sp³-hybridized carbons (Fsp3) is 0.350. The number of rotatable bonds is 8. The van der Waals surface area contributed by atoms with Crippen molar-refractivity contribution in [3.8, 4) is 11.5 Å². The summed E-state index contributed by atoms with van der Waals surface area (Å²) in [6.07, 6.45) is 2.50. The van der Waals surface area contributed by atoms with Gasteiger partial charge in [-0.25, -0.2) is 4.39 Å². The lowest BCUT2D eigenvalue weighted by Gasteiger charge is -2.16. The van der Waals surface area contributed by atoms with E-state index in [0.29, 0.717) is 17.9 Å². The van der Waals surface area contributed by atoms with Crippen LogP contribution in [0, 0.1) is 11.7 Å². The van der Waals surface area contributed by atoms with Crippen LogP contribution in [0.25, 0.3) is 0 Å². The maximum atomic E-state index is 14.3. The van der Waals surface area contributed by atoms with Gasteiger partial charge < -0.3 is 15.4 Å². The molecule has 1 aliphatic rings. The molecule has 0 radical (unpaired) electrons. The molecule has 4 nitrogen and oxygen atoms in total. The highest BCUT2D eigenvalue weighted by Gasteiger charge is 2.21. The van der Waals surface area contributed by atoms with Gasteiger partial charge in [0.05, 0.1) is 12.6 Å². The monoisotopic (exact) mass is 378 g/mol. The van der Waals surface area contributed by atoms with Crippen LogP contribution < -0.4 is 15.4 Å². The summed E-state index contributed by atoms with van der Waals surface area (Å²) >= 11 is 0. The standard InChI is InChI=1S/C20H23FN2O2.ClH/c1-14(23-20(24)13-22-12-15-7-8-15)16-9-10-19(18(21)11-16)25-17-5-3-2-4-6-17;/h2-6,9-11,14-15,22H,7-8,12-13H2,1H3,(H,23,24);1H. The minimum Gasteiger partial charge on any atom is -0.454 e. The number of nitrogens with one attached hydrogen (secondary N) is 2. The summed E-state index contributed by atoms with van der Waals surface area (Å²) in [4.78, 5) is 11.9. The Labute approximate surface area is 159 Å². The molecule has 1 unspecified atom stereocenters. The molecule has 26 heavy (non-hydrogen) atoms. The van der Waals surface area contributed by atoms with E-state index in [1.807, 2.05) is 25.1 Å². The zero-order valence-corrected chi connectivity index (χ0v) is 15.5. The number of ether oxygens (including phenoxy) is 1. The van der Waals surface area contributed by atoms with Crippen molar-refractivity contribution in [3.63, 3.8) is 0 Å².